The summed E-state index contributed by atoms with van der Waals surface area (Å²) in [6.45, 7) is 15.3. The Morgan fingerprint density at radius 1 is 0.756 bits per heavy atom. The van der Waals surface area contributed by atoms with Crippen molar-refractivity contribution in [3.8, 4) is 6.07 Å². The predicted octanol–water partition coefficient (Wildman–Crippen LogP) is 10.9. The summed E-state index contributed by atoms with van der Waals surface area (Å²) < 4.78 is 32.3. The van der Waals surface area contributed by atoms with Crippen LogP contribution in [0, 0.1) is 17.1 Å². The van der Waals surface area contributed by atoms with E-state index in [1.54, 1.807) is 6.07 Å². The highest BCUT2D eigenvalue weighted by molar-refractivity contribution is 6.74. The van der Waals surface area contributed by atoms with Crippen molar-refractivity contribution in [1.82, 2.24) is 0 Å². The largest absolute Gasteiger partial charge is 0.409 e. The first kappa shape index (κ1) is 37.8. The molecule has 0 aromatic heterocycles. The van der Waals surface area contributed by atoms with E-state index in [0.717, 1.165) is 13.0 Å². The van der Waals surface area contributed by atoms with Crippen molar-refractivity contribution in [2.75, 3.05) is 19.8 Å². The Morgan fingerprint density at radius 3 is 1.73 bits per heavy atom. The molecule has 1 rings (SSSR count). The van der Waals surface area contributed by atoms with Crippen LogP contribution in [0.3, 0.4) is 0 Å². The van der Waals surface area contributed by atoms with Gasteiger partial charge in [0.2, 0.25) is 0 Å². The Balaban J connectivity index is 2.20. The number of nitrogens with zero attached hydrogens (tertiary/aromatic N) is 1. The fraction of sp³-hybridized carbons (Fsp3) is 0.800. The molecule has 1 atom stereocenters. The van der Waals surface area contributed by atoms with Crippen LogP contribution in [-0.4, -0.2) is 34.2 Å². The smallest absolute Gasteiger partial charge is 0.192 e. The zero-order valence-electron chi connectivity index (χ0n) is 27.5. The highest BCUT2D eigenvalue weighted by Crippen LogP contribution is 2.37. The summed E-state index contributed by atoms with van der Waals surface area (Å²) in [6.07, 6.45) is 21.6. The van der Waals surface area contributed by atoms with Crippen molar-refractivity contribution in [3.05, 3.63) is 35.1 Å². The van der Waals surface area contributed by atoms with Gasteiger partial charge >= 0.3 is 0 Å². The average Bonchev–Trinajstić information content (AvgIpc) is 2.91. The van der Waals surface area contributed by atoms with E-state index in [-0.39, 0.29) is 17.7 Å². The van der Waals surface area contributed by atoms with Gasteiger partial charge in [0.05, 0.1) is 37.6 Å². The number of hydrogen-bond acceptors (Lipinski definition) is 4. The molecular formula is C35H62FNO3Si. The number of rotatable bonds is 25. The molecule has 0 bridgehead atoms. The number of ether oxygens (including phenoxy) is 2. The van der Waals surface area contributed by atoms with Crippen LogP contribution < -0.4 is 0 Å². The molecule has 0 N–H and O–H groups in total. The number of hydrogen-bond donors (Lipinski definition) is 0. The average molecular weight is 592 g/mol. The minimum atomic E-state index is -2.00. The van der Waals surface area contributed by atoms with Crippen molar-refractivity contribution in [2.45, 2.75) is 161 Å². The molecule has 0 saturated carbocycles. The van der Waals surface area contributed by atoms with Gasteiger partial charge in [0.1, 0.15) is 5.82 Å². The predicted molar refractivity (Wildman–Crippen MR) is 173 cm³/mol. The summed E-state index contributed by atoms with van der Waals surface area (Å²) in [7, 11) is -2.00. The van der Waals surface area contributed by atoms with E-state index in [1.807, 2.05) is 6.07 Å². The Labute approximate surface area is 253 Å². The van der Waals surface area contributed by atoms with E-state index < -0.39 is 14.1 Å². The van der Waals surface area contributed by atoms with Crippen LogP contribution in [0.5, 0.6) is 0 Å². The Bertz CT molecular complexity index is 834. The molecule has 236 valence electrons. The topological polar surface area (TPSA) is 51.5 Å². The Morgan fingerprint density at radius 2 is 1.24 bits per heavy atom. The molecule has 4 nitrogen and oxygen atoms in total. The number of unbranched alkanes of at least 4 members (excludes halogenated alkanes) is 15. The fourth-order valence-corrected chi connectivity index (χ4v) is 6.11. The molecule has 0 heterocycles. The lowest BCUT2D eigenvalue weighted by molar-refractivity contribution is -0.0178. The molecule has 0 radical (unpaired) electrons. The van der Waals surface area contributed by atoms with Gasteiger partial charge in [-0.05, 0) is 48.3 Å². The second-order valence-electron chi connectivity index (χ2n) is 13.4. The van der Waals surface area contributed by atoms with E-state index in [4.69, 9.17) is 19.2 Å². The van der Waals surface area contributed by atoms with Gasteiger partial charge in [-0.2, -0.15) is 5.26 Å². The minimum Gasteiger partial charge on any atom is -0.409 e. The molecule has 0 aliphatic carbocycles. The zero-order valence-corrected chi connectivity index (χ0v) is 28.5. The van der Waals surface area contributed by atoms with Crippen molar-refractivity contribution in [2.24, 2.45) is 0 Å². The monoisotopic (exact) mass is 591 g/mol. The standard InChI is InChI=1S/C35H62FNO3Si/c1-7-8-9-10-11-12-13-14-15-16-17-18-19-20-21-22-23-38-29-34(40-41(5,6)35(2,3)4)30-39-28-32-24-31(27-37)25-33(36)26-32/h24-26,34H,7-23,28-30H2,1-6H3/t34-/m1/s1. The maximum absolute atomic E-state index is 13.8. The summed E-state index contributed by atoms with van der Waals surface area (Å²) in [5, 5.41) is 9.18. The third-order valence-corrected chi connectivity index (χ3v) is 12.9. The maximum atomic E-state index is 13.8. The van der Waals surface area contributed by atoms with Crippen LogP contribution in [0.25, 0.3) is 0 Å². The lowest BCUT2D eigenvalue weighted by atomic mass is 10.0. The normalized spacial score (nSPS) is 12.9. The second kappa shape index (κ2) is 22.3. The first-order valence-corrected chi connectivity index (χ1v) is 19.5. The van der Waals surface area contributed by atoms with Gasteiger partial charge in [-0.15, -0.1) is 0 Å². The molecule has 0 fully saturated rings. The number of halogens is 1. The third-order valence-electron chi connectivity index (χ3n) is 8.37. The van der Waals surface area contributed by atoms with Gasteiger partial charge in [0.15, 0.2) is 8.32 Å². The first-order valence-electron chi connectivity index (χ1n) is 16.6. The summed E-state index contributed by atoms with van der Waals surface area (Å²) in [6, 6.07) is 6.31. The van der Waals surface area contributed by atoms with Gasteiger partial charge in [-0.1, -0.05) is 124 Å². The SMILES string of the molecule is CCCCCCCCCCCCCCCCCCOC[C@H](COCc1cc(F)cc(C#N)c1)O[Si](C)(C)C(C)(C)C. The lowest BCUT2D eigenvalue weighted by Gasteiger charge is -2.39. The number of benzene rings is 1. The molecule has 0 aliphatic heterocycles. The molecule has 0 spiro atoms. The second-order valence-corrected chi connectivity index (χ2v) is 18.1. The van der Waals surface area contributed by atoms with Gasteiger partial charge in [-0.25, -0.2) is 4.39 Å². The van der Waals surface area contributed by atoms with Gasteiger partial charge in [0.25, 0.3) is 0 Å². The Hall–Kier alpha value is -1.26. The molecule has 0 unspecified atom stereocenters. The van der Waals surface area contributed by atoms with Crippen LogP contribution in [0.15, 0.2) is 18.2 Å². The van der Waals surface area contributed by atoms with E-state index in [1.165, 1.54) is 108 Å². The van der Waals surface area contributed by atoms with Crippen molar-refractivity contribution in [3.63, 3.8) is 0 Å². The van der Waals surface area contributed by atoms with E-state index in [9.17, 15) is 4.39 Å². The minimum absolute atomic E-state index is 0.0867. The molecule has 0 saturated heterocycles. The molecule has 0 aliphatic rings. The van der Waals surface area contributed by atoms with Crippen molar-refractivity contribution < 1.29 is 18.3 Å². The highest BCUT2D eigenvalue weighted by Gasteiger charge is 2.39. The van der Waals surface area contributed by atoms with Crippen LogP contribution in [0.4, 0.5) is 4.39 Å². The number of nitriles is 1. The summed E-state index contributed by atoms with van der Waals surface area (Å²) in [5.74, 6) is -0.418. The van der Waals surface area contributed by atoms with E-state index >= 15 is 0 Å². The maximum Gasteiger partial charge on any atom is 0.192 e. The molecule has 1 aromatic carbocycles. The molecular weight excluding hydrogens is 529 g/mol. The third kappa shape index (κ3) is 18.8. The lowest BCUT2D eigenvalue weighted by Crippen LogP contribution is -2.46. The quantitative estimate of drug-likeness (QED) is 0.0838. The van der Waals surface area contributed by atoms with Crippen molar-refractivity contribution in [1.29, 1.82) is 5.26 Å². The van der Waals surface area contributed by atoms with Gasteiger partial charge in [0, 0.05) is 6.61 Å². The first-order chi connectivity index (χ1) is 19.6. The van der Waals surface area contributed by atoms with E-state index in [0.29, 0.717) is 24.3 Å². The molecule has 41 heavy (non-hydrogen) atoms. The summed E-state index contributed by atoms with van der Waals surface area (Å²) in [5.41, 5.74) is 0.960. The van der Waals surface area contributed by atoms with Crippen LogP contribution in [-0.2, 0) is 20.5 Å². The van der Waals surface area contributed by atoms with E-state index in [2.05, 4.69) is 40.8 Å². The van der Waals surface area contributed by atoms with Gasteiger partial charge in [-0.3, -0.25) is 0 Å². The zero-order chi connectivity index (χ0) is 30.4. The fourth-order valence-electron chi connectivity index (χ4n) is 4.78. The highest BCUT2D eigenvalue weighted by atomic mass is 28.4. The van der Waals surface area contributed by atoms with Gasteiger partial charge < -0.3 is 13.9 Å². The van der Waals surface area contributed by atoms with Crippen LogP contribution >= 0.6 is 0 Å². The molecule has 6 heteroatoms. The summed E-state index contributed by atoms with van der Waals surface area (Å²) >= 11 is 0. The Kier molecular flexibility index (Phi) is 20.5. The molecule has 0 amide bonds. The summed E-state index contributed by atoms with van der Waals surface area (Å²) in [4.78, 5) is 0. The van der Waals surface area contributed by atoms with Crippen molar-refractivity contribution >= 4 is 8.32 Å². The van der Waals surface area contributed by atoms with Crippen LogP contribution in [0.1, 0.15) is 142 Å². The van der Waals surface area contributed by atoms with Crippen LogP contribution in [0.2, 0.25) is 18.1 Å². The molecule has 1 aromatic rings.